The van der Waals surface area contributed by atoms with E-state index in [-0.39, 0.29) is 23.6 Å². The lowest BCUT2D eigenvalue weighted by Gasteiger charge is -2.16. The number of amides is 2. The first-order valence-electron chi connectivity index (χ1n) is 11.6. The van der Waals surface area contributed by atoms with Crippen molar-refractivity contribution >= 4 is 39.5 Å². The molecule has 5 nitrogen and oxygen atoms in total. The zero-order valence-corrected chi connectivity index (χ0v) is 19.9. The number of benzene rings is 4. The van der Waals surface area contributed by atoms with Crippen molar-refractivity contribution in [1.82, 2.24) is 0 Å². The molecule has 5 heteroatoms. The summed E-state index contributed by atoms with van der Waals surface area (Å²) in [6, 6.07) is 28.5. The maximum Gasteiger partial charge on any atom is 0.282 e. The van der Waals surface area contributed by atoms with E-state index in [4.69, 9.17) is 4.74 Å². The van der Waals surface area contributed by atoms with Crippen molar-refractivity contribution in [1.29, 1.82) is 0 Å². The number of carbonyl (C=O) groups is 2. The monoisotopic (exact) mass is 462 g/mol. The van der Waals surface area contributed by atoms with E-state index in [2.05, 4.69) is 5.32 Å². The second-order valence-electron chi connectivity index (χ2n) is 8.87. The topological polar surface area (TPSA) is 58.6 Å². The van der Waals surface area contributed by atoms with E-state index in [0.717, 1.165) is 22.0 Å². The number of aryl methyl sites for hydroxylation is 1. The van der Waals surface area contributed by atoms with E-state index in [9.17, 15) is 9.59 Å². The second kappa shape index (κ2) is 9.11. The van der Waals surface area contributed by atoms with E-state index in [1.807, 2.05) is 99.6 Å². The van der Waals surface area contributed by atoms with Crippen molar-refractivity contribution < 1.29 is 14.3 Å². The Morgan fingerprint density at radius 2 is 1.46 bits per heavy atom. The molecule has 0 radical (unpaired) electrons. The molecule has 1 aliphatic rings. The first-order chi connectivity index (χ1) is 16.9. The predicted molar refractivity (Wildman–Crippen MR) is 140 cm³/mol. The molecular weight excluding hydrogens is 436 g/mol. The minimum atomic E-state index is -0.385. The Kier molecular flexibility index (Phi) is 5.83. The summed E-state index contributed by atoms with van der Waals surface area (Å²) >= 11 is 0. The summed E-state index contributed by atoms with van der Waals surface area (Å²) < 4.78 is 5.76. The summed E-state index contributed by atoms with van der Waals surface area (Å²) in [5, 5.41) is 5.32. The number of ether oxygens (including phenoxy) is 1. The summed E-state index contributed by atoms with van der Waals surface area (Å²) in [7, 11) is 0. The average molecular weight is 463 g/mol. The van der Waals surface area contributed by atoms with Gasteiger partial charge in [-0.1, -0.05) is 66.2 Å². The smallest absolute Gasteiger partial charge is 0.282 e. The number of nitrogens with zero attached hydrogens (tertiary/aromatic N) is 1. The standard InChI is InChI=1S/C30H26N2O3/c1-19(2)35-24-17-13-22(14-18-24)27-28(31-26-10-6-8-21-7-4-5-9-25(21)26)30(34)32(29(27)33)23-15-11-20(3)12-16-23/h4-19,31H,1-3H3. The van der Waals surface area contributed by atoms with Gasteiger partial charge in [0.15, 0.2) is 0 Å². The molecule has 1 aliphatic heterocycles. The largest absolute Gasteiger partial charge is 0.491 e. The third-order valence-corrected chi connectivity index (χ3v) is 5.94. The van der Waals surface area contributed by atoms with E-state index in [1.54, 1.807) is 12.1 Å². The highest BCUT2D eigenvalue weighted by molar-refractivity contribution is 6.46. The van der Waals surface area contributed by atoms with Crippen LogP contribution in [0.25, 0.3) is 16.3 Å². The Bertz CT molecular complexity index is 1450. The first-order valence-corrected chi connectivity index (χ1v) is 11.6. The lowest BCUT2D eigenvalue weighted by atomic mass is 10.0. The highest BCUT2D eigenvalue weighted by Crippen LogP contribution is 2.35. The Hall–Kier alpha value is -4.38. The molecule has 0 fully saturated rings. The van der Waals surface area contributed by atoms with Gasteiger partial charge >= 0.3 is 0 Å². The van der Waals surface area contributed by atoms with Gasteiger partial charge < -0.3 is 10.1 Å². The maximum atomic E-state index is 13.7. The maximum absolute atomic E-state index is 13.7. The molecule has 0 aliphatic carbocycles. The number of fused-ring (bicyclic) bond motifs is 1. The minimum absolute atomic E-state index is 0.0374. The Morgan fingerprint density at radius 3 is 2.17 bits per heavy atom. The van der Waals surface area contributed by atoms with Crippen molar-refractivity contribution in [3.63, 3.8) is 0 Å². The van der Waals surface area contributed by atoms with Crippen molar-refractivity contribution in [2.75, 3.05) is 10.2 Å². The zero-order valence-electron chi connectivity index (χ0n) is 19.9. The van der Waals surface area contributed by atoms with Crippen LogP contribution in [0.15, 0.2) is 96.7 Å². The highest BCUT2D eigenvalue weighted by Gasteiger charge is 2.40. The van der Waals surface area contributed by atoms with Gasteiger partial charge in [0, 0.05) is 11.1 Å². The van der Waals surface area contributed by atoms with Gasteiger partial charge in [0.2, 0.25) is 0 Å². The Morgan fingerprint density at radius 1 is 0.771 bits per heavy atom. The van der Waals surface area contributed by atoms with Crippen LogP contribution in [-0.4, -0.2) is 17.9 Å². The fraction of sp³-hybridized carbons (Fsp3) is 0.133. The lowest BCUT2D eigenvalue weighted by Crippen LogP contribution is -2.32. The van der Waals surface area contributed by atoms with Crippen LogP contribution in [0, 0.1) is 6.92 Å². The van der Waals surface area contributed by atoms with Gasteiger partial charge in [0.05, 0.1) is 17.4 Å². The normalized spacial score (nSPS) is 13.8. The fourth-order valence-corrected chi connectivity index (χ4v) is 4.28. The quantitative estimate of drug-likeness (QED) is 0.340. The molecule has 0 saturated carbocycles. The molecule has 35 heavy (non-hydrogen) atoms. The first kappa shape index (κ1) is 22.4. The van der Waals surface area contributed by atoms with Gasteiger partial charge in [-0.25, -0.2) is 4.90 Å². The molecule has 0 spiro atoms. The number of imide groups is 1. The molecule has 5 rings (SSSR count). The summed E-state index contributed by atoms with van der Waals surface area (Å²) in [5.74, 6) is -0.0384. The van der Waals surface area contributed by atoms with Crippen LogP contribution in [0.1, 0.15) is 25.0 Å². The summed E-state index contributed by atoms with van der Waals surface area (Å²) in [4.78, 5) is 28.6. The molecule has 4 aromatic rings. The fourth-order valence-electron chi connectivity index (χ4n) is 4.28. The molecule has 4 aromatic carbocycles. The van der Waals surface area contributed by atoms with Crippen LogP contribution in [0.3, 0.4) is 0 Å². The summed E-state index contributed by atoms with van der Waals surface area (Å²) in [6.07, 6.45) is 0.0374. The number of hydrogen-bond donors (Lipinski definition) is 1. The van der Waals surface area contributed by atoms with Crippen LogP contribution in [0.2, 0.25) is 0 Å². The van der Waals surface area contributed by atoms with Gasteiger partial charge in [-0.15, -0.1) is 0 Å². The molecule has 174 valence electrons. The third-order valence-electron chi connectivity index (χ3n) is 5.94. The minimum Gasteiger partial charge on any atom is -0.491 e. The molecule has 0 saturated heterocycles. The van der Waals surface area contributed by atoms with Crippen molar-refractivity contribution in [2.24, 2.45) is 0 Å². The van der Waals surface area contributed by atoms with E-state index in [1.165, 1.54) is 4.90 Å². The number of hydrogen-bond acceptors (Lipinski definition) is 4. The average Bonchev–Trinajstić information content (AvgIpc) is 3.09. The van der Waals surface area contributed by atoms with Crippen molar-refractivity contribution in [3.8, 4) is 5.75 Å². The van der Waals surface area contributed by atoms with Crippen LogP contribution in [-0.2, 0) is 9.59 Å². The molecule has 2 amide bonds. The number of anilines is 2. The van der Waals surface area contributed by atoms with Crippen LogP contribution >= 0.6 is 0 Å². The lowest BCUT2D eigenvalue weighted by molar-refractivity contribution is -0.120. The van der Waals surface area contributed by atoms with Gasteiger partial charge in [0.25, 0.3) is 11.8 Å². The summed E-state index contributed by atoms with van der Waals surface area (Å²) in [6.45, 7) is 5.89. The molecular formula is C30H26N2O3. The molecule has 0 aromatic heterocycles. The second-order valence-corrected chi connectivity index (χ2v) is 8.87. The Labute approximate surface area is 204 Å². The van der Waals surface area contributed by atoms with Crippen molar-refractivity contribution in [3.05, 3.63) is 108 Å². The van der Waals surface area contributed by atoms with Crippen LogP contribution in [0.4, 0.5) is 11.4 Å². The highest BCUT2D eigenvalue weighted by atomic mass is 16.5. The SMILES string of the molecule is Cc1ccc(N2C(=O)C(Nc3cccc4ccccc34)=C(c3ccc(OC(C)C)cc3)C2=O)cc1. The van der Waals surface area contributed by atoms with Crippen molar-refractivity contribution in [2.45, 2.75) is 26.9 Å². The zero-order chi connectivity index (χ0) is 24.5. The molecule has 0 bridgehead atoms. The van der Waals surface area contributed by atoms with Gasteiger partial charge in [-0.2, -0.15) is 0 Å². The van der Waals surface area contributed by atoms with Gasteiger partial charge in [-0.3, -0.25) is 9.59 Å². The summed E-state index contributed by atoms with van der Waals surface area (Å²) in [5.41, 5.74) is 3.59. The van der Waals surface area contributed by atoms with Crippen LogP contribution < -0.4 is 15.0 Å². The predicted octanol–water partition coefficient (Wildman–Crippen LogP) is 6.33. The number of carbonyl (C=O) groups excluding carboxylic acids is 2. The van der Waals surface area contributed by atoms with E-state index in [0.29, 0.717) is 22.6 Å². The molecule has 0 atom stereocenters. The van der Waals surface area contributed by atoms with E-state index < -0.39 is 0 Å². The number of nitrogens with one attached hydrogen (secondary N) is 1. The van der Waals surface area contributed by atoms with E-state index >= 15 is 0 Å². The third kappa shape index (κ3) is 4.28. The molecule has 0 unspecified atom stereocenters. The van der Waals surface area contributed by atoms with Gasteiger partial charge in [-0.05, 0) is 62.1 Å². The van der Waals surface area contributed by atoms with Gasteiger partial charge in [0.1, 0.15) is 11.4 Å². The Balaban J connectivity index is 1.61. The number of rotatable bonds is 6. The molecule has 1 heterocycles. The molecule has 1 N–H and O–H groups in total. The van der Waals surface area contributed by atoms with Crippen LogP contribution in [0.5, 0.6) is 5.75 Å².